The molecule has 384 valence electrons. The summed E-state index contributed by atoms with van der Waals surface area (Å²) in [6.45, 7) is 3.07. The smallest absolute Gasteiger partial charge is 0.462 e. The number of aliphatic hydroxyl groups is 5. The third-order valence-corrected chi connectivity index (χ3v) is 12.2. The molecule has 1 rings (SSSR count). The number of allylic oxidation sites excluding steroid dienone is 14. The maximum atomic E-state index is 12.9. The minimum atomic E-state index is -5.13. The number of phosphoric ester groups is 1. The fourth-order valence-corrected chi connectivity index (χ4v) is 8.21. The summed E-state index contributed by atoms with van der Waals surface area (Å²) in [6.07, 6.45) is 41.9. The van der Waals surface area contributed by atoms with Crippen molar-refractivity contribution < 1.29 is 63.1 Å². The average molecular weight is 965 g/mol. The fourth-order valence-electron chi connectivity index (χ4n) is 7.23. The van der Waals surface area contributed by atoms with E-state index in [1.165, 1.54) is 6.42 Å². The topological polar surface area (TPSA) is 210 Å². The van der Waals surface area contributed by atoms with E-state index in [-0.39, 0.29) is 12.8 Å². The van der Waals surface area contributed by atoms with E-state index in [9.17, 15) is 44.6 Å². The van der Waals surface area contributed by atoms with Crippen LogP contribution < -0.4 is 0 Å². The van der Waals surface area contributed by atoms with E-state index in [0.29, 0.717) is 12.8 Å². The van der Waals surface area contributed by atoms with Crippen molar-refractivity contribution in [3.63, 3.8) is 0 Å². The molecule has 0 saturated heterocycles. The molecule has 14 heteroatoms. The van der Waals surface area contributed by atoms with Gasteiger partial charge in [0.1, 0.15) is 43.2 Å². The standard InChI is InChI=1S/C53H89O13P/c1-3-5-7-9-11-13-15-17-19-21-22-23-24-26-28-30-32-34-36-38-40-42-47(55)65-45(44-64-67(61,62)66-53-51(59)49(57)48(56)50(58)52(53)60)43-63-46(54)41-39-37-35-33-31-29-27-25-20-18-16-14-12-10-8-6-4-2/h5-8,11-14,17-20,22-23,45,48-53,56-60H,3-4,9-10,15-16,21,24-44H2,1-2H3,(H,61,62)/b7-5-,8-6-,13-11-,14-12-,19-17-,20-18-,23-22-. The summed E-state index contributed by atoms with van der Waals surface area (Å²) < 4.78 is 33.6. The van der Waals surface area contributed by atoms with Crippen LogP contribution in [-0.2, 0) is 32.7 Å². The maximum Gasteiger partial charge on any atom is 0.472 e. The summed E-state index contributed by atoms with van der Waals surface area (Å²) >= 11 is 0. The highest BCUT2D eigenvalue weighted by Crippen LogP contribution is 2.47. The van der Waals surface area contributed by atoms with Crippen LogP contribution in [0.4, 0.5) is 0 Å². The molecule has 6 unspecified atom stereocenters. The van der Waals surface area contributed by atoms with E-state index in [2.05, 4.69) is 98.9 Å². The second-order valence-corrected chi connectivity index (χ2v) is 18.7. The molecule has 0 radical (unpaired) electrons. The summed E-state index contributed by atoms with van der Waals surface area (Å²) in [5, 5.41) is 50.3. The molecule has 0 aliphatic heterocycles. The molecule has 6 atom stereocenters. The van der Waals surface area contributed by atoms with Crippen LogP contribution in [-0.4, -0.2) is 98.3 Å². The van der Waals surface area contributed by atoms with Crippen molar-refractivity contribution in [3.8, 4) is 0 Å². The number of carbonyl (C=O) groups is 2. The van der Waals surface area contributed by atoms with Crippen molar-refractivity contribution >= 4 is 19.8 Å². The third kappa shape index (κ3) is 34.1. The average Bonchev–Trinajstić information content (AvgIpc) is 3.31. The van der Waals surface area contributed by atoms with Crippen molar-refractivity contribution in [1.29, 1.82) is 0 Å². The molecule has 13 nitrogen and oxygen atoms in total. The Hall–Kier alpha value is -2.97. The summed E-state index contributed by atoms with van der Waals surface area (Å²) in [7, 11) is -5.13. The highest BCUT2D eigenvalue weighted by molar-refractivity contribution is 7.47. The summed E-state index contributed by atoms with van der Waals surface area (Å²) in [5.74, 6) is -1.12. The molecule has 6 N–H and O–H groups in total. The van der Waals surface area contributed by atoms with Crippen molar-refractivity contribution in [3.05, 3.63) is 85.1 Å². The summed E-state index contributed by atoms with van der Waals surface area (Å²) in [4.78, 5) is 35.8. The monoisotopic (exact) mass is 965 g/mol. The highest BCUT2D eigenvalue weighted by atomic mass is 31.2. The Morgan fingerprint density at radius 1 is 0.463 bits per heavy atom. The van der Waals surface area contributed by atoms with Gasteiger partial charge in [0.15, 0.2) is 6.10 Å². The lowest BCUT2D eigenvalue weighted by Crippen LogP contribution is -2.64. The molecule has 1 saturated carbocycles. The molecular weight excluding hydrogens is 876 g/mol. The molecule has 0 aromatic heterocycles. The zero-order valence-corrected chi connectivity index (χ0v) is 41.8. The van der Waals surface area contributed by atoms with Gasteiger partial charge in [-0.05, 0) is 83.5 Å². The lowest BCUT2D eigenvalue weighted by molar-refractivity contribution is -0.220. The van der Waals surface area contributed by atoms with Gasteiger partial charge in [0.2, 0.25) is 0 Å². The van der Waals surface area contributed by atoms with Crippen LogP contribution >= 0.6 is 7.82 Å². The zero-order valence-electron chi connectivity index (χ0n) is 40.9. The van der Waals surface area contributed by atoms with Crippen LogP contribution in [0.5, 0.6) is 0 Å². The van der Waals surface area contributed by atoms with E-state index in [4.69, 9.17) is 18.5 Å². The Kier molecular flexibility index (Phi) is 38.9. The number of unbranched alkanes of at least 4 members (excludes halogenated alkanes) is 15. The number of hydrogen-bond donors (Lipinski definition) is 6. The molecule has 0 heterocycles. The quantitative estimate of drug-likeness (QED) is 0.0146. The Labute approximate surface area is 403 Å². The number of rotatable bonds is 41. The van der Waals surface area contributed by atoms with Crippen LogP contribution in [0.15, 0.2) is 85.1 Å². The highest BCUT2D eigenvalue weighted by Gasteiger charge is 2.51. The normalized spacial score (nSPS) is 21.9. The largest absolute Gasteiger partial charge is 0.472 e. The van der Waals surface area contributed by atoms with Gasteiger partial charge >= 0.3 is 19.8 Å². The third-order valence-electron chi connectivity index (χ3n) is 11.2. The van der Waals surface area contributed by atoms with Gasteiger partial charge in [-0.3, -0.25) is 18.6 Å². The van der Waals surface area contributed by atoms with Crippen LogP contribution in [0.3, 0.4) is 0 Å². The number of phosphoric acid groups is 1. The minimum Gasteiger partial charge on any atom is -0.462 e. The van der Waals surface area contributed by atoms with Crippen LogP contribution in [0, 0.1) is 0 Å². The first-order valence-electron chi connectivity index (χ1n) is 25.4. The Morgan fingerprint density at radius 2 is 0.806 bits per heavy atom. The van der Waals surface area contributed by atoms with Gasteiger partial charge in [0, 0.05) is 12.8 Å². The lowest BCUT2D eigenvalue weighted by atomic mass is 9.85. The number of carbonyl (C=O) groups excluding carboxylic acids is 2. The zero-order chi connectivity index (χ0) is 49.2. The van der Waals surface area contributed by atoms with Crippen molar-refractivity contribution in [2.75, 3.05) is 13.2 Å². The summed E-state index contributed by atoms with van der Waals surface area (Å²) in [5.41, 5.74) is 0. The maximum absolute atomic E-state index is 12.9. The molecule has 1 aliphatic rings. The predicted molar refractivity (Wildman–Crippen MR) is 267 cm³/mol. The predicted octanol–water partition coefficient (Wildman–Crippen LogP) is 10.8. The molecule has 1 fully saturated rings. The van der Waals surface area contributed by atoms with Crippen molar-refractivity contribution in [2.45, 2.75) is 224 Å². The van der Waals surface area contributed by atoms with Gasteiger partial charge in [-0.15, -0.1) is 0 Å². The van der Waals surface area contributed by atoms with Crippen molar-refractivity contribution in [2.24, 2.45) is 0 Å². The minimum absolute atomic E-state index is 0.0802. The van der Waals surface area contributed by atoms with Crippen LogP contribution in [0.1, 0.15) is 181 Å². The van der Waals surface area contributed by atoms with E-state index < -0.39 is 75.7 Å². The first kappa shape index (κ1) is 62.0. The van der Waals surface area contributed by atoms with Gasteiger partial charge < -0.3 is 39.9 Å². The lowest BCUT2D eigenvalue weighted by Gasteiger charge is -2.41. The molecule has 1 aliphatic carbocycles. The number of aliphatic hydroxyl groups excluding tert-OH is 5. The SMILES string of the molecule is CC/C=C\C/C=C\C/C=C\C/C=C\CCCCCCCCCCC(=O)OC(COC(=O)CCCCCCCCC/C=C\C/C=C\C/C=C\CC)COP(=O)(O)OC1C(O)C(O)C(O)C(O)C1O. The second-order valence-electron chi connectivity index (χ2n) is 17.3. The van der Waals surface area contributed by atoms with Crippen LogP contribution in [0.25, 0.3) is 0 Å². The molecule has 0 amide bonds. The van der Waals surface area contributed by atoms with Gasteiger partial charge in [0.25, 0.3) is 0 Å². The Balaban J connectivity index is 2.42. The van der Waals surface area contributed by atoms with Crippen LogP contribution in [0.2, 0.25) is 0 Å². The Bertz CT molecular complexity index is 1490. The summed E-state index contributed by atoms with van der Waals surface area (Å²) in [6, 6.07) is 0. The molecule has 0 bridgehead atoms. The van der Waals surface area contributed by atoms with E-state index >= 15 is 0 Å². The number of esters is 2. The molecular formula is C53H89O13P. The fraction of sp³-hybridized carbons (Fsp3) is 0.698. The van der Waals surface area contributed by atoms with Gasteiger partial charge in [-0.25, -0.2) is 4.57 Å². The first-order valence-corrected chi connectivity index (χ1v) is 26.9. The van der Waals surface area contributed by atoms with Crippen molar-refractivity contribution in [1.82, 2.24) is 0 Å². The van der Waals surface area contributed by atoms with E-state index in [1.54, 1.807) is 0 Å². The van der Waals surface area contributed by atoms with Gasteiger partial charge in [-0.2, -0.15) is 0 Å². The molecule has 0 aromatic rings. The van der Waals surface area contributed by atoms with Gasteiger partial charge in [0.05, 0.1) is 6.61 Å². The van der Waals surface area contributed by atoms with E-state index in [1.807, 2.05) is 0 Å². The van der Waals surface area contributed by atoms with Gasteiger partial charge in [-0.1, -0.05) is 170 Å². The van der Waals surface area contributed by atoms with E-state index in [0.717, 1.165) is 135 Å². The number of ether oxygens (including phenoxy) is 2. The second kappa shape index (κ2) is 42.0. The molecule has 0 spiro atoms. The molecule has 0 aromatic carbocycles. The number of hydrogen-bond acceptors (Lipinski definition) is 12. The molecule has 67 heavy (non-hydrogen) atoms. The Morgan fingerprint density at radius 3 is 1.22 bits per heavy atom. The first-order chi connectivity index (χ1) is 32.4.